The first-order valence-electron chi connectivity index (χ1n) is 45.5. The number of benzene rings is 2. The van der Waals surface area contributed by atoms with Crippen LogP contribution in [0.3, 0.4) is 0 Å². The molecule has 0 saturated carbocycles. The van der Waals surface area contributed by atoms with Crippen molar-refractivity contribution in [3.63, 3.8) is 0 Å². The van der Waals surface area contributed by atoms with Crippen LogP contribution < -0.4 is 53.8 Å². The van der Waals surface area contributed by atoms with E-state index in [2.05, 4.69) is 42.5 Å². The molecule has 0 radical (unpaired) electrons. The number of hydrogen-bond donors (Lipinski definition) is 15. The van der Waals surface area contributed by atoms with Gasteiger partial charge in [0.25, 0.3) is 17.4 Å². The largest absolute Gasteiger partial charge is 0.458 e. The van der Waals surface area contributed by atoms with E-state index in [4.69, 9.17) is 82.1 Å². The summed E-state index contributed by atoms with van der Waals surface area (Å²) in [6, 6.07) is 3.45. The molecule has 0 unspecified atom stereocenters. The molecule has 0 saturated heterocycles. The number of cyclic esters (lactones) is 1. The molecule has 8 rings (SSSR count). The van der Waals surface area contributed by atoms with Gasteiger partial charge in [0.15, 0.2) is 5.60 Å². The Morgan fingerprint density at radius 2 is 1.15 bits per heavy atom. The van der Waals surface area contributed by atoms with Crippen molar-refractivity contribution >= 4 is 81.9 Å². The zero-order chi connectivity index (χ0) is 97.6. The smallest absolute Gasteiger partial charge is 0.407 e. The minimum absolute atomic E-state index is 0.00893. The van der Waals surface area contributed by atoms with Crippen LogP contribution in [-0.2, 0) is 141 Å². The third-order valence-corrected chi connectivity index (χ3v) is 22.3. The number of aliphatic hydroxyl groups is 6. The van der Waals surface area contributed by atoms with Gasteiger partial charge in [-0.15, -0.1) is 0 Å². The molecule has 0 fully saturated rings. The fourth-order valence-electron chi connectivity index (χ4n) is 14.8. The first kappa shape index (κ1) is 110. The number of aryl methyl sites for hydroxylation is 1. The highest BCUT2D eigenvalue weighted by Gasteiger charge is 2.47. The van der Waals surface area contributed by atoms with E-state index in [1.54, 1.807) is 45.9 Å². The molecule has 1 aliphatic carbocycles. The van der Waals surface area contributed by atoms with Crippen molar-refractivity contribution < 1.29 is 154 Å². The van der Waals surface area contributed by atoms with E-state index in [-0.39, 0.29) is 153 Å². The van der Waals surface area contributed by atoms with Crippen molar-refractivity contribution in [2.75, 3.05) is 197 Å². The predicted octanol–water partition coefficient (Wildman–Crippen LogP) is -0.929. The Morgan fingerprint density at radius 1 is 0.600 bits per heavy atom. The van der Waals surface area contributed by atoms with Gasteiger partial charge < -0.3 is 150 Å². The van der Waals surface area contributed by atoms with Gasteiger partial charge in [0.2, 0.25) is 35.4 Å². The molecule has 11 amide bonds. The monoisotopic (exact) mass is 1910 g/mol. The van der Waals surface area contributed by atoms with Crippen molar-refractivity contribution in [3.8, 4) is 11.4 Å². The quantitative estimate of drug-likeness (QED) is 0.0127. The second-order valence-corrected chi connectivity index (χ2v) is 32.4. The summed E-state index contributed by atoms with van der Waals surface area (Å²) < 4.78 is 94.2. The molecule has 750 valence electrons. The van der Waals surface area contributed by atoms with E-state index < -0.39 is 150 Å². The van der Waals surface area contributed by atoms with E-state index in [1.165, 1.54) is 34.9 Å². The minimum Gasteiger partial charge on any atom is -0.458 e. The topological polar surface area (TPSA) is 599 Å². The third-order valence-electron chi connectivity index (χ3n) is 22.3. The van der Waals surface area contributed by atoms with Gasteiger partial charge in [-0.05, 0) is 98.2 Å². The first-order chi connectivity index (χ1) is 65.0. The maximum Gasteiger partial charge on any atom is 0.407 e. The number of carbonyl (C=O) groups excluding carboxylic acids is 11. The van der Waals surface area contributed by atoms with Crippen LogP contribution in [0.25, 0.3) is 22.3 Å². The van der Waals surface area contributed by atoms with Crippen molar-refractivity contribution in [2.45, 2.75) is 172 Å². The number of nitrogens with two attached hydrogens (primary N) is 1. The molecule has 4 aliphatic rings. The number of fused-ring (bicyclic) bond motifs is 5. The molecular weight excluding hydrogens is 1780 g/mol. The summed E-state index contributed by atoms with van der Waals surface area (Å²) in [6.45, 7) is 12.5. The fraction of sp³-hybridized carbons (Fsp3) is 0.633. The van der Waals surface area contributed by atoms with E-state index in [0.29, 0.717) is 183 Å². The standard InChI is InChI=1S/C90H131FN12O32/c1-5-90(121)63-48-69-80-61(52-103(69)86(117)62(63)55-134-87(90)118)78-65(17-16-60-57(4)64(91)49-67(98-80)77(60)78)100-89(120)135-54-58-12-14-59(15-13-58)96-83(114)66(10-9-21-94-88(92)119)99-85(116)79(56(2)3)101-84(115)68(97-73(108)11-7-6-8-23-102-75(110)18-19-76(102)111)50-74(109)93-22-25-123-27-29-125-31-33-127-35-37-129-39-41-131-43-45-133-47-46-132-44-42-130-40-38-128-36-34-126-32-30-124-28-26-122-24-20-72(107)95-51-70(105)81(112)82(113)71(106)53-104/h12-15,18-19,48-49,56,65-66,68,70-71,79,81-82,104-106,112-113,121H,5-11,16-17,20-47,50-55H2,1-4H3,(H,93,109)(H,95,107)(H,96,114)(H,97,108)(H,99,116)(H,100,120)(H,101,115)(H3,92,94,119)/t65-,66-,68-,70-,71+,79-,81+,82+,90-/m0/s1. The van der Waals surface area contributed by atoms with Gasteiger partial charge in [-0.2, -0.15) is 0 Å². The highest BCUT2D eigenvalue weighted by Crippen LogP contribution is 2.46. The van der Waals surface area contributed by atoms with Crippen LogP contribution in [0.1, 0.15) is 130 Å². The molecule has 5 heterocycles. The van der Waals surface area contributed by atoms with Gasteiger partial charge in [-0.1, -0.05) is 39.3 Å². The summed E-state index contributed by atoms with van der Waals surface area (Å²) in [5.41, 5.74) is 6.99. The molecule has 2 aromatic carbocycles. The van der Waals surface area contributed by atoms with Gasteiger partial charge in [-0.25, -0.2) is 23.8 Å². The number of unbranched alkanes of at least 4 members (excludes halogenated alkanes) is 2. The number of alkyl carbamates (subject to hydrolysis) is 1. The molecular formula is C90H131FN12O32. The Kier molecular flexibility index (Phi) is 48.1. The fourth-order valence-corrected chi connectivity index (χ4v) is 14.8. The Hall–Kier alpha value is -10.3. The molecule has 9 atom stereocenters. The zero-order valence-electron chi connectivity index (χ0n) is 76.8. The predicted molar refractivity (Wildman–Crippen MR) is 477 cm³/mol. The molecule has 135 heavy (non-hydrogen) atoms. The second-order valence-electron chi connectivity index (χ2n) is 32.4. The van der Waals surface area contributed by atoms with Crippen LogP contribution in [-0.4, -0.2) is 344 Å². The maximum atomic E-state index is 15.6. The number of amides is 11. The summed E-state index contributed by atoms with van der Waals surface area (Å²) in [5.74, 6) is -7.02. The number of nitrogens with zero attached hydrogens (tertiary/aromatic N) is 3. The number of carbonyl (C=O) groups is 11. The number of aliphatic hydroxyl groups excluding tert-OH is 5. The minimum atomic E-state index is -2.09. The van der Waals surface area contributed by atoms with Gasteiger partial charge >= 0.3 is 18.1 Å². The number of imide groups is 1. The molecule has 3 aliphatic heterocycles. The lowest BCUT2D eigenvalue weighted by Gasteiger charge is -2.31. The van der Waals surface area contributed by atoms with Gasteiger partial charge in [0, 0.05) is 79.4 Å². The molecule has 2 aromatic heterocycles. The number of rotatable bonds is 69. The van der Waals surface area contributed by atoms with Crippen molar-refractivity contribution in [2.24, 2.45) is 11.7 Å². The van der Waals surface area contributed by atoms with Crippen LogP contribution in [0, 0.1) is 18.7 Å². The first-order valence-corrected chi connectivity index (χ1v) is 45.5. The maximum absolute atomic E-state index is 15.6. The Bertz CT molecular complexity index is 4590. The lowest BCUT2D eigenvalue weighted by molar-refractivity contribution is -0.172. The van der Waals surface area contributed by atoms with Crippen LogP contribution in [0.2, 0.25) is 0 Å². The molecule has 16 N–H and O–H groups in total. The zero-order valence-corrected chi connectivity index (χ0v) is 76.8. The van der Waals surface area contributed by atoms with Crippen LogP contribution in [0.15, 0.2) is 53.3 Å². The molecule has 44 nitrogen and oxygen atoms in total. The molecule has 4 aromatic rings. The van der Waals surface area contributed by atoms with Crippen LogP contribution >= 0.6 is 0 Å². The van der Waals surface area contributed by atoms with Crippen LogP contribution in [0.5, 0.6) is 0 Å². The number of esters is 1. The second kappa shape index (κ2) is 59.0. The van der Waals surface area contributed by atoms with E-state index in [0.717, 1.165) is 4.90 Å². The lowest BCUT2D eigenvalue weighted by Crippen LogP contribution is -2.58. The van der Waals surface area contributed by atoms with Gasteiger partial charge in [0.1, 0.15) is 55.5 Å². The summed E-state index contributed by atoms with van der Waals surface area (Å²) in [5, 5.41) is 80.9. The Labute approximate surface area is 780 Å². The van der Waals surface area contributed by atoms with Gasteiger partial charge in [-0.3, -0.25) is 48.1 Å². The SMILES string of the molecule is CC[C@@]1(O)C(=O)OCc2c1cc1n(c2=O)Cc2c-1nc1cc(F)c(C)c3c1c2[C@@H](NC(=O)OCc1ccc(NC(=O)[C@H](CCCNC(N)=O)NC(=O)[C@@H](NC(=O)[C@H](CC(=O)NCCOCCOCCOCCOCCOCCOCCOCCOCCOCCOCCOCCOCCC(=O)NC[C@H](O)[C@@H](O)[C@H](O)[C@H](O)CO)NC(=O)CCCCCN2C(=O)C=CC2=O)C(C)C)cc1)CC3. The summed E-state index contributed by atoms with van der Waals surface area (Å²) in [4.78, 5) is 164. The number of primary amides is 1. The Morgan fingerprint density at radius 3 is 1.69 bits per heavy atom. The summed E-state index contributed by atoms with van der Waals surface area (Å²) >= 11 is 0. The third kappa shape index (κ3) is 35.7. The van der Waals surface area contributed by atoms with Crippen molar-refractivity contribution in [1.29, 1.82) is 0 Å². The van der Waals surface area contributed by atoms with E-state index in [9.17, 15) is 83.1 Å². The number of ether oxygens (including phenoxy) is 14. The number of pyridine rings is 2. The summed E-state index contributed by atoms with van der Waals surface area (Å²) in [6.07, 6.45) is -4.06. The van der Waals surface area contributed by atoms with Crippen LogP contribution in [0.4, 0.5) is 19.7 Å². The lowest BCUT2D eigenvalue weighted by atomic mass is 9.81. The number of halogens is 1. The molecule has 0 spiro atoms. The van der Waals surface area contributed by atoms with Crippen molar-refractivity contribution in [1.82, 2.24) is 51.7 Å². The van der Waals surface area contributed by atoms with E-state index in [1.807, 2.05) is 0 Å². The van der Waals surface area contributed by atoms with Crippen molar-refractivity contribution in [3.05, 3.63) is 104 Å². The summed E-state index contributed by atoms with van der Waals surface area (Å²) in [7, 11) is 0. The molecule has 45 heteroatoms. The van der Waals surface area contributed by atoms with E-state index >= 15 is 4.39 Å². The highest BCUT2D eigenvalue weighted by molar-refractivity contribution is 6.13. The number of nitrogens with one attached hydrogen (secondary N) is 8. The number of hydrogen-bond acceptors (Lipinski definition) is 33. The highest BCUT2D eigenvalue weighted by atomic mass is 19.1. The molecule has 0 bridgehead atoms. The number of urea groups is 1. The Balaban J connectivity index is 0.670. The normalized spacial score (nSPS) is 16.3. The average molecular weight is 1910 g/mol. The van der Waals surface area contributed by atoms with Gasteiger partial charge in [0.05, 0.1) is 213 Å². The number of aromatic nitrogens is 2. The average Bonchev–Trinajstić information content (AvgIpc) is 1.57. The number of anilines is 1.